The molecule has 0 fully saturated rings. The van der Waals surface area contributed by atoms with E-state index in [2.05, 4.69) is 9.56 Å². The van der Waals surface area contributed by atoms with Gasteiger partial charge in [-0.1, -0.05) is 0 Å². The fraction of sp³-hybridized carbons (Fsp3) is 0.333. The van der Waals surface area contributed by atoms with E-state index in [9.17, 15) is 8.42 Å². The summed E-state index contributed by atoms with van der Waals surface area (Å²) in [4.78, 5) is 4.39. The second-order valence-corrected chi connectivity index (χ2v) is 5.05. The lowest BCUT2D eigenvalue weighted by molar-refractivity contribution is 0.143. The lowest BCUT2D eigenvalue weighted by atomic mass is 10.3. The van der Waals surface area contributed by atoms with Gasteiger partial charge in [-0.05, 0) is 12.1 Å². The number of benzene rings is 1. The van der Waals surface area contributed by atoms with Gasteiger partial charge in [0, 0.05) is 12.6 Å². The van der Waals surface area contributed by atoms with E-state index in [-0.39, 0.29) is 24.8 Å². The summed E-state index contributed by atoms with van der Waals surface area (Å²) >= 11 is 0. The van der Waals surface area contributed by atoms with E-state index in [1.807, 2.05) is 0 Å². The van der Waals surface area contributed by atoms with Crippen LogP contribution in [-0.2, 0) is 14.9 Å². The van der Waals surface area contributed by atoms with E-state index in [1.54, 1.807) is 6.07 Å². The first-order chi connectivity index (χ1) is 8.13. The molecule has 1 heterocycles. The average molecular weight is 260 g/mol. The first-order valence-electron chi connectivity index (χ1n) is 4.84. The molecule has 0 bridgehead atoms. The highest BCUT2D eigenvalue weighted by atomic mass is 32.2. The van der Waals surface area contributed by atoms with Crippen molar-refractivity contribution in [1.29, 1.82) is 0 Å². The Kier molecular flexibility index (Phi) is 3.48. The SMILES string of the molecule is NOCCNS(=O)(=O)c1ccc2c(c1)OCO2. The van der Waals surface area contributed by atoms with E-state index in [0.717, 1.165) is 0 Å². The Bertz CT molecular complexity index is 502. The van der Waals surface area contributed by atoms with E-state index < -0.39 is 10.0 Å². The van der Waals surface area contributed by atoms with Crippen molar-refractivity contribution in [3.63, 3.8) is 0 Å². The molecular weight excluding hydrogens is 248 g/mol. The van der Waals surface area contributed by atoms with Gasteiger partial charge in [0.25, 0.3) is 0 Å². The summed E-state index contributed by atoms with van der Waals surface area (Å²) in [6.07, 6.45) is 0. The van der Waals surface area contributed by atoms with Gasteiger partial charge in [-0.3, -0.25) is 0 Å². The summed E-state index contributed by atoms with van der Waals surface area (Å²) in [5, 5.41) is 0. The molecular formula is C9H12N2O5S. The van der Waals surface area contributed by atoms with Crippen LogP contribution >= 0.6 is 0 Å². The van der Waals surface area contributed by atoms with Crippen LogP contribution in [0.3, 0.4) is 0 Å². The average Bonchev–Trinajstić information content (AvgIpc) is 2.76. The molecule has 1 aromatic rings. The maximum atomic E-state index is 11.8. The Morgan fingerprint density at radius 1 is 1.35 bits per heavy atom. The van der Waals surface area contributed by atoms with Crippen molar-refractivity contribution >= 4 is 10.0 Å². The predicted molar refractivity (Wildman–Crippen MR) is 57.9 cm³/mol. The molecule has 0 amide bonds. The molecule has 0 aliphatic carbocycles. The van der Waals surface area contributed by atoms with Crippen molar-refractivity contribution in [1.82, 2.24) is 4.72 Å². The second kappa shape index (κ2) is 4.88. The molecule has 1 aliphatic heterocycles. The van der Waals surface area contributed by atoms with Crippen molar-refractivity contribution < 1.29 is 22.7 Å². The normalized spacial score (nSPS) is 13.9. The van der Waals surface area contributed by atoms with Crippen LogP contribution in [0.2, 0.25) is 0 Å². The maximum Gasteiger partial charge on any atom is 0.240 e. The summed E-state index contributed by atoms with van der Waals surface area (Å²) < 4.78 is 36.1. The number of nitrogens with two attached hydrogens (primary N) is 1. The second-order valence-electron chi connectivity index (χ2n) is 3.28. The highest BCUT2D eigenvalue weighted by Gasteiger charge is 2.19. The van der Waals surface area contributed by atoms with Gasteiger partial charge in [0.1, 0.15) is 0 Å². The molecule has 0 saturated heterocycles. The molecule has 0 atom stereocenters. The van der Waals surface area contributed by atoms with E-state index in [1.165, 1.54) is 12.1 Å². The van der Waals surface area contributed by atoms with Crippen LogP contribution in [-0.4, -0.2) is 28.4 Å². The highest BCUT2D eigenvalue weighted by Crippen LogP contribution is 2.33. The van der Waals surface area contributed by atoms with Crippen molar-refractivity contribution in [3.8, 4) is 11.5 Å². The zero-order valence-electron chi connectivity index (χ0n) is 8.88. The zero-order chi connectivity index (χ0) is 12.3. The van der Waals surface area contributed by atoms with E-state index in [4.69, 9.17) is 15.4 Å². The molecule has 94 valence electrons. The Morgan fingerprint density at radius 2 is 2.12 bits per heavy atom. The molecule has 0 saturated carbocycles. The minimum atomic E-state index is -3.58. The number of rotatable bonds is 5. The Hall–Kier alpha value is -1.35. The largest absolute Gasteiger partial charge is 0.454 e. The molecule has 17 heavy (non-hydrogen) atoms. The molecule has 8 heteroatoms. The van der Waals surface area contributed by atoms with E-state index >= 15 is 0 Å². The van der Waals surface area contributed by atoms with Crippen LogP contribution in [0.25, 0.3) is 0 Å². The first kappa shape index (κ1) is 12.1. The third-order valence-electron chi connectivity index (χ3n) is 2.17. The number of ether oxygens (including phenoxy) is 2. The van der Waals surface area contributed by atoms with Gasteiger partial charge in [0.2, 0.25) is 16.8 Å². The van der Waals surface area contributed by atoms with E-state index in [0.29, 0.717) is 11.5 Å². The van der Waals surface area contributed by atoms with Crippen molar-refractivity contribution in [2.45, 2.75) is 4.90 Å². The fourth-order valence-electron chi connectivity index (χ4n) is 1.36. The van der Waals surface area contributed by atoms with Crippen LogP contribution in [0.1, 0.15) is 0 Å². The number of nitrogens with one attached hydrogen (secondary N) is 1. The van der Waals surface area contributed by atoms with Gasteiger partial charge >= 0.3 is 0 Å². The Balaban J connectivity index is 2.16. The molecule has 0 aromatic heterocycles. The van der Waals surface area contributed by atoms with Crippen molar-refractivity contribution in [3.05, 3.63) is 18.2 Å². The molecule has 1 aromatic carbocycles. The summed E-state index contributed by atoms with van der Waals surface area (Å²) in [5.41, 5.74) is 0. The Labute approximate surface area is 98.5 Å². The van der Waals surface area contributed by atoms with Gasteiger partial charge in [0.05, 0.1) is 11.5 Å². The van der Waals surface area contributed by atoms with Gasteiger partial charge < -0.3 is 14.3 Å². The zero-order valence-corrected chi connectivity index (χ0v) is 9.70. The van der Waals surface area contributed by atoms with Crippen LogP contribution < -0.4 is 20.1 Å². The Morgan fingerprint density at radius 3 is 2.88 bits per heavy atom. The molecule has 3 N–H and O–H groups in total. The van der Waals surface area contributed by atoms with Gasteiger partial charge in [-0.2, -0.15) is 0 Å². The standard InChI is InChI=1S/C9H12N2O5S/c10-16-4-3-11-17(12,13)7-1-2-8-9(5-7)15-6-14-8/h1-2,5,11H,3-4,6,10H2. The molecule has 2 rings (SSSR count). The molecule has 0 spiro atoms. The highest BCUT2D eigenvalue weighted by molar-refractivity contribution is 7.89. The topological polar surface area (TPSA) is 99.9 Å². The number of hydrogen-bond donors (Lipinski definition) is 2. The number of sulfonamides is 1. The number of hydrogen-bond acceptors (Lipinski definition) is 6. The molecule has 7 nitrogen and oxygen atoms in total. The quantitative estimate of drug-likeness (QED) is 0.551. The summed E-state index contributed by atoms with van der Waals surface area (Å²) in [5.74, 6) is 5.75. The minimum absolute atomic E-state index is 0.101. The van der Waals surface area contributed by atoms with Crippen molar-refractivity contribution in [2.75, 3.05) is 19.9 Å². The van der Waals surface area contributed by atoms with Crippen LogP contribution in [0.4, 0.5) is 0 Å². The van der Waals surface area contributed by atoms with Gasteiger partial charge in [-0.15, -0.1) is 0 Å². The lowest BCUT2D eigenvalue weighted by Crippen LogP contribution is -2.28. The van der Waals surface area contributed by atoms with Gasteiger partial charge in [0.15, 0.2) is 11.5 Å². The third kappa shape index (κ3) is 2.67. The third-order valence-corrected chi connectivity index (χ3v) is 3.63. The predicted octanol–water partition coefficient (Wildman–Crippen LogP) is -0.416. The van der Waals surface area contributed by atoms with Gasteiger partial charge in [-0.25, -0.2) is 19.0 Å². The summed E-state index contributed by atoms with van der Waals surface area (Å²) in [7, 11) is -3.58. The molecule has 0 unspecified atom stereocenters. The van der Waals surface area contributed by atoms with Crippen LogP contribution in [0.15, 0.2) is 23.1 Å². The fourth-order valence-corrected chi connectivity index (χ4v) is 2.39. The lowest BCUT2D eigenvalue weighted by Gasteiger charge is -2.06. The molecule has 1 aliphatic rings. The minimum Gasteiger partial charge on any atom is -0.454 e. The monoisotopic (exact) mass is 260 g/mol. The first-order valence-corrected chi connectivity index (χ1v) is 6.33. The summed E-state index contributed by atoms with van der Waals surface area (Å²) in [6, 6.07) is 4.41. The van der Waals surface area contributed by atoms with Crippen molar-refractivity contribution in [2.24, 2.45) is 5.90 Å². The van der Waals surface area contributed by atoms with Crippen LogP contribution in [0.5, 0.6) is 11.5 Å². The summed E-state index contributed by atoms with van der Waals surface area (Å²) in [6.45, 7) is 0.310. The maximum absolute atomic E-state index is 11.8. The molecule has 0 radical (unpaired) electrons. The number of fused-ring (bicyclic) bond motifs is 1. The smallest absolute Gasteiger partial charge is 0.240 e. The van der Waals surface area contributed by atoms with Crippen LogP contribution in [0, 0.1) is 0 Å².